The van der Waals surface area contributed by atoms with Gasteiger partial charge >= 0.3 is 0 Å². The molecule has 0 aliphatic carbocycles. The van der Waals surface area contributed by atoms with Gasteiger partial charge in [0.2, 0.25) is 0 Å². The van der Waals surface area contributed by atoms with Crippen LogP contribution in [0.3, 0.4) is 0 Å². The summed E-state index contributed by atoms with van der Waals surface area (Å²) < 4.78 is 27.0. The fourth-order valence-corrected chi connectivity index (χ4v) is 2.70. The van der Waals surface area contributed by atoms with Crippen molar-refractivity contribution in [2.75, 3.05) is 16.6 Å². The van der Waals surface area contributed by atoms with E-state index in [9.17, 15) is 8.42 Å². The van der Waals surface area contributed by atoms with Gasteiger partial charge in [-0.3, -0.25) is 9.71 Å². The van der Waals surface area contributed by atoms with Crippen molar-refractivity contribution in [1.82, 2.24) is 9.97 Å². The van der Waals surface area contributed by atoms with E-state index in [-0.39, 0.29) is 4.90 Å². The monoisotopic (exact) mass is 306 g/mol. The molecule has 0 saturated heterocycles. The van der Waals surface area contributed by atoms with Crippen LogP contribution in [0.25, 0.3) is 0 Å². The summed E-state index contributed by atoms with van der Waals surface area (Å²) in [4.78, 5) is 8.17. The Bertz CT molecular complexity index is 699. The lowest BCUT2D eigenvalue weighted by atomic mass is 10.3. The minimum Gasteiger partial charge on any atom is -0.370 e. The number of nitrogens with one attached hydrogen (secondary N) is 2. The third-order valence-corrected chi connectivity index (χ3v) is 4.10. The van der Waals surface area contributed by atoms with Crippen LogP contribution in [0, 0.1) is 6.92 Å². The predicted molar refractivity (Wildman–Crippen MR) is 82.8 cm³/mol. The zero-order chi connectivity index (χ0) is 15.3. The maximum Gasteiger partial charge on any atom is 0.263 e. The number of nitrogens with zero attached hydrogens (tertiary/aromatic N) is 2. The van der Waals surface area contributed by atoms with Crippen LogP contribution < -0.4 is 10.0 Å². The van der Waals surface area contributed by atoms with Crippen molar-refractivity contribution in [3.05, 3.63) is 42.4 Å². The van der Waals surface area contributed by atoms with Gasteiger partial charge in [0.1, 0.15) is 10.7 Å². The van der Waals surface area contributed by atoms with Gasteiger partial charge in [-0.1, -0.05) is 6.92 Å². The summed E-state index contributed by atoms with van der Waals surface area (Å²) in [6.07, 6.45) is 5.44. The Kier molecular flexibility index (Phi) is 4.74. The molecule has 0 aromatic carbocycles. The van der Waals surface area contributed by atoms with E-state index < -0.39 is 10.0 Å². The first-order chi connectivity index (χ1) is 10.0. The highest BCUT2D eigenvalue weighted by atomic mass is 32.2. The van der Waals surface area contributed by atoms with Gasteiger partial charge < -0.3 is 5.32 Å². The lowest BCUT2D eigenvalue weighted by Gasteiger charge is -2.09. The topological polar surface area (TPSA) is 84.0 Å². The van der Waals surface area contributed by atoms with Crippen LogP contribution in [-0.4, -0.2) is 24.9 Å². The summed E-state index contributed by atoms with van der Waals surface area (Å²) in [5.74, 6) is 0.660. The molecule has 0 bridgehead atoms. The zero-order valence-corrected chi connectivity index (χ0v) is 12.8. The summed E-state index contributed by atoms with van der Waals surface area (Å²) >= 11 is 0. The van der Waals surface area contributed by atoms with Gasteiger partial charge in [0.15, 0.2) is 0 Å². The molecule has 112 valence electrons. The van der Waals surface area contributed by atoms with Gasteiger partial charge in [-0.15, -0.1) is 0 Å². The molecule has 0 aliphatic rings. The molecule has 0 aliphatic heterocycles. The number of sulfonamides is 1. The maximum absolute atomic E-state index is 12.2. The first-order valence-electron chi connectivity index (χ1n) is 6.65. The van der Waals surface area contributed by atoms with Crippen molar-refractivity contribution in [1.29, 1.82) is 0 Å². The molecule has 0 radical (unpaired) electrons. The third kappa shape index (κ3) is 4.16. The number of aromatic nitrogens is 2. The first kappa shape index (κ1) is 15.2. The average molecular weight is 306 g/mol. The normalized spacial score (nSPS) is 11.1. The van der Waals surface area contributed by atoms with Crippen molar-refractivity contribution in [2.24, 2.45) is 0 Å². The van der Waals surface area contributed by atoms with E-state index in [1.165, 1.54) is 18.5 Å². The van der Waals surface area contributed by atoms with Crippen LogP contribution in [0.2, 0.25) is 0 Å². The van der Waals surface area contributed by atoms with Crippen LogP contribution in [-0.2, 0) is 10.0 Å². The van der Waals surface area contributed by atoms with Crippen LogP contribution in [0.4, 0.5) is 11.5 Å². The fourth-order valence-electron chi connectivity index (χ4n) is 1.72. The van der Waals surface area contributed by atoms with Gasteiger partial charge in [-0.25, -0.2) is 13.4 Å². The Labute approximate surface area is 124 Å². The van der Waals surface area contributed by atoms with Gasteiger partial charge in [0.05, 0.1) is 11.9 Å². The number of anilines is 2. The second kappa shape index (κ2) is 6.53. The molecule has 21 heavy (non-hydrogen) atoms. The van der Waals surface area contributed by atoms with E-state index in [0.29, 0.717) is 11.5 Å². The molecule has 2 aromatic rings. The van der Waals surface area contributed by atoms with E-state index >= 15 is 0 Å². The maximum atomic E-state index is 12.2. The molecule has 2 rings (SSSR count). The van der Waals surface area contributed by atoms with Crippen molar-refractivity contribution in [3.8, 4) is 0 Å². The summed E-state index contributed by atoms with van der Waals surface area (Å²) in [5.41, 5.74) is 1.32. The SMILES string of the molecule is CCCNc1ccc(S(=O)(=O)Nc2cncc(C)c2)cn1. The predicted octanol–water partition coefficient (Wildman–Crippen LogP) is 2.41. The van der Waals surface area contributed by atoms with E-state index in [0.717, 1.165) is 18.5 Å². The smallest absolute Gasteiger partial charge is 0.263 e. The van der Waals surface area contributed by atoms with E-state index in [4.69, 9.17) is 0 Å². The van der Waals surface area contributed by atoms with Crippen molar-refractivity contribution >= 4 is 21.5 Å². The Hall–Kier alpha value is -2.15. The molecule has 0 spiro atoms. The first-order valence-corrected chi connectivity index (χ1v) is 8.14. The van der Waals surface area contributed by atoms with Crippen LogP contribution in [0.1, 0.15) is 18.9 Å². The molecule has 2 N–H and O–H groups in total. The Balaban J connectivity index is 2.15. The minimum absolute atomic E-state index is 0.117. The largest absolute Gasteiger partial charge is 0.370 e. The summed E-state index contributed by atoms with van der Waals surface area (Å²) in [6, 6.07) is 4.89. The summed E-state index contributed by atoms with van der Waals surface area (Å²) in [6.45, 7) is 4.69. The third-order valence-electron chi connectivity index (χ3n) is 2.73. The fraction of sp³-hybridized carbons (Fsp3) is 0.286. The van der Waals surface area contributed by atoms with E-state index in [1.807, 2.05) is 13.8 Å². The number of hydrogen-bond acceptors (Lipinski definition) is 5. The summed E-state index contributed by atoms with van der Waals surface area (Å²) in [7, 11) is -3.65. The molecule has 2 heterocycles. The summed E-state index contributed by atoms with van der Waals surface area (Å²) in [5, 5.41) is 3.09. The molecule has 0 amide bonds. The van der Waals surface area contributed by atoms with Crippen molar-refractivity contribution in [3.63, 3.8) is 0 Å². The number of rotatable bonds is 6. The highest BCUT2D eigenvalue weighted by molar-refractivity contribution is 7.92. The molecular formula is C14H18N4O2S. The zero-order valence-electron chi connectivity index (χ0n) is 12.0. The molecule has 0 unspecified atom stereocenters. The quantitative estimate of drug-likeness (QED) is 0.856. The van der Waals surface area contributed by atoms with Crippen molar-refractivity contribution in [2.45, 2.75) is 25.2 Å². The second-order valence-corrected chi connectivity index (χ2v) is 6.34. The van der Waals surface area contributed by atoms with Gasteiger partial charge in [-0.2, -0.15) is 0 Å². The highest BCUT2D eigenvalue weighted by Crippen LogP contribution is 2.16. The van der Waals surface area contributed by atoms with Crippen LogP contribution in [0.15, 0.2) is 41.7 Å². The Morgan fingerprint density at radius 2 is 2.00 bits per heavy atom. The number of aryl methyl sites for hydroxylation is 1. The minimum atomic E-state index is -3.65. The van der Waals surface area contributed by atoms with Gasteiger partial charge in [-0.05, 0) is 37.1 Å². The Morgan fingerprint density at radius 1 is 1.19 bits per heavy atom. The van der Waals surface area contributed by atoms with Gasteiger partial charge in [0.25, 0.3) is 10.0 Å². The van der Waals surface area contributed by atoms with E-state index in [1.54, 1.807) is 18.3 Å². The number of hydrogen-bond donors (Lipinski definition) is 2. The molecule has 2 aromatic heterocycles. The lowest BCUT2D eigenvalue weighted by molar-refractivity contribution is 0.601. The highest BCUT2D eigenvalue weighted by Gasteiger charge is 2.14. The average Bonchev–Trinajstić information content (AvgIpc) is 2.45. The Morgan fingerprint density at radius 3 is 2.62 bits per heavy atom. The van der Waals surface area contributed by atoms with Crippen LogP contribution in [0.5, 0.6) is 0 Å². The molecule has 0 atom stereocenters. The molecule has 0 fully saturated rings. The number of pyridine rings is 2. The van der Waals surface area contributed by atoms with Gasteiger partial charge in [0, 0.05) is 18.9 Å². The molecule has 0 saturated carbocycles. The molecular weight excluding hydrogens is 288 g/mol. The molecule has 6 nitrogen and oxygen atoms in total. The van der Waals surface area contributed by atoms with Crippen LogP contribution >= 0.6 is 0 Å². The standard InChI is InChI=1S/C14H18N4O2S/c1-3-6-16-14-5-4-13(10-17-14)21(19,20)18-12-7-11(2)8-15-9-12/h4-5,7-10,18H,3,6H2,1-2H3,(H,16,17). The lowest BCUT2D eigenvalue weighted by Crippen LogP contribution is -2.14. The molecule has 7 heteroatoms. The van der Waals surface area contributed by atoms with E-state index in [2.05, 4.69) is 20.0 Å². The van der Waals surface area contributed by atoms with Crippen molar-refractivity contribution < 1.29 is 8.42 Å². The second-order valence-electron chi connectivity index (χ2n) is 4.66.